The van der Waals surface area contributed by atoms with E-state index in [1.54, 1.807) is 13.3 Å². The summed E-state index contributed by atoms with van der Waals surface area (Å²) in [4.78, 5) is 10.3. The second kappa shape index (κ2) is 12.4. The maximum absolute atomic E-state index is 10.6. The molecule has 0 heterocycles. The molecule has 1 saturated carbocycles. The number of carbonyl (C=O) groups excluding carboxylic acids is 1. The van der Waals surface area contributed by atoms with Crippen LogP contribution in [0.5, 0.6) is 0 Å². The van der Waals surface area contributed by atoms with Crippen LogP contribution in [-0.4, -0.2) is 11.5 Å². The van der Waals surface area contributed by atoms with Crippen LogP contribution in [0.1, 0.15) is 43.4 Å². The van der Waals surface area contributed by atoms with Crippen LogP contribution in [0.25, 0.3) is 0 Å². The summed E-state index contributed by atoms with van der Waals surface area (Å²) < 4.78 is 0. The number of aliphatic hydroxyl groups is 1. The first kappa shape index (κ1) is 23.0. The second-order valence-electron chi connectivity index (χ2n) is 6.42. The number of rotatable bonds is 6. The van der Waals surface area contributed by atoms with Gasteiger partial charge in [0.2, 0.25) is 0 Å². The van der Waals surface area contributed by atoms with Gasteiger partial charge in [0, 0.05) is 32.7 Å². The molecule has 2 aromatic rings. The molecule has 0 aromatic heterocycles. The molecule has 1 aliphatic rings. The van der Waals surface area contributed by atoms with E-state index >= 15 is 0 Å². The number of aliphatic hydroxyl groups excluding tert-OH is 1. The van der Waals surface area contributed by atoms with E-state index in [9.17, 15) is 9.90 Å². The zero-order valence-corrected chi connectivity index (χ0v) is 18.2. The molecule has 1 amide bonds. The quantitative estimate of drug-likeness (QED) is 0.520. The van der Waals surface area contributed by atoms with Crippen molar-refractivity contribution in [2.24, 2.45) is 11.8 Å². The normalized spacial score (nSPS) is 19.5. The molecular formula is C22H27NO2Y-2. The summed E-state index contributed by atoms with van der Waals surface area (Å²) in [5.41, 5.74) is 3.08. The van der Waals surface area contributed by atoms with Gasteiger partial charge in [0.05, 0.1) is 12.5 Å². The molecule has 3 nitrogen and oxygen atoms in total. The Morgan fingerprint density at radius 3 is 2.38 bits per heavy atom. The Bertz CT molecular complexity index is 630. The van der Waals surface area contributed by atoms with E-state index in [2.05, 4.69) is 24.4 Å². The van der Waals surface area contributed by atoms with Crippen LogP contribution in [0.2, 0.25) is 0 Å². The average Bonchev–Trinajstić information content (AvgIpc) is 3.14. The van der Waals surface area contributed by atoms with Crippen LogP contribution in [0.4, 0.5) is 5.69 Å². The molecule has 0 saturated heterocycles. The van der Waals surface area contributed by atoms with Gasteiger partial charge in [-0.15, -0.1) is 17.8 Å². The smallest absolute Gasteiger partial charge is 0.0818 e. The summed E-state index contributed by atoms with van der Waals surface area (Å²) in [7, 11) is 0. The largest absolute Gasteiger partial charge is 0.490 e. The predicted molar refractivity (Wildman–Crippen MR) is 103 cm³/mol. The second-order valence-corrected chi connectivity index (χ2v) is 6.42. The number of nitrogens with one attached hydrogen (secondary N) is 1. The fraction of sp³-hybridized carbons (Fsp3) is 0.364. The molecule has 1 aliphatic carbocycles. The van der Waals surface area contributed by atoms with Gasteiger partial charge in [-0.3, -0.25) is 0 Å². The Kier molecular flexibility index (Phi) is 11.0. The van der Waals surface area contributed by atoms with Crippen LogP contribution in [-0.2, 0) is 43.9 Å². The summed E-state index contributed by atoms with van der Waals surface area (Å²) in [6.07, 6.45) is 5.68. The molecule has 1 fully saturated rings. The van der Waals surface area contributed by atoms with Gasteiger partial charge in [-0.25, -0.2) is 0 Å². The minimum absolute atomic E-state index is 0. The Hall–Kier alpha value is -1.03. The zero-order valence-electron chi connectivity index (χ0n) is 15.4. The van der Waals surface area contributed by atoms with E-state index in [1.165, 1.54) is 5.56 Å². The summed E-state index contributed by atoms with van der Waals surface area (Å²) in [5.74, 6) is 0.975. The predicted octanol–water partition coefficient (Wildman–Crippen LogP) is 4.70. The van der Waals surface area contributed by atoms with Gasteiger partial charge in [-0.2, -0.15) is 6.92 Å². The van der Waals surface area contributed by atoms with Crippen LogP contribution in [0, 0.1) is 18.8 Å². The van der Waals surface area contributed by atoms with Crippen LogP contribution in [0.3, 0.4) is 0 Å². The van der Waals surface area contributed by atoms with Gasteiger partial charge in [0.1, 0.15) is 0 Å². The van der Waals surface area contributed by atoms with Crippen molar-refractivity contribution in [3.8, 4) is 0 Å². The van der Waals surface area contributed by atoms with Gasteiger partial charge in [0.25, 0.3) is 0 Å². The maximum atomic E-state index is 10.6. The Morgan fingerprint density at radius 1 is 1.12 bits per heavy atom. The number of benzene rings is 2. The first-order chi connectivity index (χ1) is 12.3. The van der Waals surface area contributed by atoms with Crippen molar-refractivity contribution < 1.29 is 42.6 Å². The van der Waals surface area contributed by atoms with Gasteiger partial charge >= 0.3 is 0 Å². The van der Waals surface area contributed by atoms with Crippen LogP contribution >= 0.6 is 0 Å². The number of hydrogen-bond donors (Lipinski definition) is 2. The van der Waals surface area contributed by atoms with Crippen molar-refractivity contribution in [1.29, 1.82) is 0 Å². The van der Waals surface area contributed by atoms with Gasteiger partial charge in [0.15, 0.2) is 0 Å². The van der Waals surface area contributed by atoms with Gasteiger partial charge in [-0.1, -0.05) is 48.0 Å². The summed E-state index contributed by atoms with van der Waals surface area (Å²) >= 11 is 0. The third-order valence-corrected chi connectivity index (χ3v) is 4.84. The molecule has 2 N–H and O–H groups in total. The third-order valence-electron chi connectivity index (χ3n) is 4.84. The standard InChI is InChI=1S/C20H22NO2.C2H5.Y/c22-14-21-19-10-7-15(8-11-19)12-16-6-9-18(13-16)20(23)17-4-2-1-3-5-17;1-2;/h1-5,7-8,10-11,16,18,20,23H,6,9,12-13H2,(H,21,22);1H2,2H3;/q2*-1;. The molecule has 3 atom stereocenters. The SMILES string of the molecule is O=[C-]Nc1ccc(CC2CCC(C(O)c3ccccc3)C2)cc1.[CH2-]C.[Y]. The minimum Gasteiger partial charge on any atom is -0.490 e. The van der Waals surface area contributed by atoms with Crippen molar-refractivity contribution >= 4 is 12.1 Å². The first-order valence-electron chi connectivity index (χ1n) is 8.92. The zero-order chi connectivity index (χ0) is 18.1. The molecular weight excluding hydrogens is 399 g/mol. The van der Waals surface area contributed by atoms with Crippen molar-refractivity contribution in [3.05, 3.63) is 72.6 Å². The molecule has 0 spiro atoms. The van der Waals surface area contributed by atoms with E-state index in [0.29, 0.717) is 11.8 Å². The van der Waals surface area contributed by atoms with E-state index in [1.807, 2.05) is 42.5 Å². The number of anilines is 1. The Morgan fingerprint density at radius 2 is 1.77 bits per heavy atom. The number of hydrogen-bond acceptors (Lipinski definition) is 2. The van der Waals surface area contributed by atoms with Gasteiger partial charge < -0.3 is 22.1 Å². The van der Waals surface area contributed by atoms with E-state index < -0.39 is 0 Å². The molecule has 4 heteroatoms. The Labute approximate surface area is 182 Å². The topological polar surface area (TPSA) is 49.3 Å². The molecule has 137 valence electrons. The van der Waals surface area contributed by atoms with E-state index in [0.717, 1.165) is 36.9 Å². The van der Waals surface area contributed by atoms with E-state index in [4.69, 9.17) is 0 Å². The van der Waals surface area contributed by atoms with Crippen molar-refractivity contribution in [1.82, 2.24) is 0 Å². The minimum atomic E-state index is -0.351. The summed E-state index contributed by atoms with van der Waals surface area (Å²) in [6.45, 7) is 5.00. The third kappa shape index (κ3) is 6.61. The van der Waals surface area contributed by atoms with Crippen LogP contribution < -0.4 is 5.32 Å². The first-order valence-corrected chi connectivity index (χ1v) is 8.92. The Balaban J connectivity index is 0.00000109. The molecule has 26 heavy (non-hydrogen) atoms. The monoisotopic (exact) mass is 426 g/mol. The molecule has 3 unspecified atom stereocenters. The van der Waals surface area contributed by atoms with Crippen molar-refractivity contribution in [2.75, 3.05) is 5.32 Å². The molecule has 3 rings (SSSR count). The van der Waals surface area contributed by atoms with Crippen LogP contribution in [0.15, 0.2) is 54.6 Å². The van der Waals surface area contributed by atoms with Gasteiger partial charge in [-0.05, 0) is 43.1 Å². The fourth-order valence-electron chi connectivity index (χ4n) is 3.62. The average molecular weight is 426 g/mol. The fourth-order valence-corrected chi connectivity index (χ4v) is 3.62. The molecule has 1 radical (unpaired) electrons. The molecule has 2 aromatic carbocycles. The molecule has 0 aliphatic heterocycles. The van der Waals surface area contributed by atoms with Crippen molar-refractivity contribution in [2.45, 2.75) is 38.7 Å². The maximum Gasteiger partial charge on any atom is 0.0818 e. The van der Waals surface area contributed by atoms with Crippen molar-refractivity contribution in [3.63, 3.8) is 0 Å². The summed E-state index contributed by atoms with van der Waals surface area (Å²) in [5, 5.41) is 13.1. The molecule has 0 bridgehead atoms. The summed E-state index contributed by atoms with van der Waals surface area (Å²) in [6, 6.07) is 17.9. The van der Waals surface area contributed by atoms with E-state index in [-0.39, 0.29) is 38.8 Å². The number of amides is 1.